The van der Waals surface area contributed by atoms with Gasteiger partial charge in [-0.25, -0.2) is 0 Å². The van der Waals surface area contributed by atoms with Crippen LogP contribution in [-0.4, -0.2) is 18.3 Å². The highest BCUT2D eigenvalue weighted by atomic mass is 32.2. The smallest absolute Gasteiger partial charge is 0.202 e. The fraction of sp³-hybridized carbons (Fsp3) is 0.333. The fourth-order valence-corrected chi connectivity index (χ4v) is 3.64. The van der Waals surface area contributed by atoms with Crippen LogP contribution >= 0.6 is 11.8 Å². The van der Waals surface area contributed by atoms with Gasteiger partial charge in [-0.15, -0.1) is 11.8 Å². The van der Waals surface area contributed by atoms with Gasteiger partial charge in [-0.3, -0.25) is 0 Å². The van der Waals surface area contributed by atoms with Crippen LogP contribution in [-0.2, 0) is 0 Å². The summed E-state index contributed by atoms with van der Waals surface area (Å²) in [5.41, 5.74) is 7.25. The van der Waals surface area contributed by atoms with Gasteiger partial charge in [-0.2, -0.15) is 0 Å². The summed E-state index contributed by atoms with van der Waals surface area (Å²) < 4.78 is 16.9. The second-order valence-electron chi connectivity index (χ2n) is 5.35. The molecule has 3 rings (SSSR count). The second kappa shape index (κ2) is 7.13. The minimum absolute atomic E-state index is 0.0579. The normalized spacial score (nSPS) is 16.5. The number of hydrogen-bond acceptors (Lipinski definition) is 6. The second-order valence-corrected chi connectivity index (χ2v) is 6.46. The number of furan rings is 1. The van der Waals surface area contributed by atoms with E-state index in [1.54, 1.807) is 11.8 Å². The van der Waals surface area contributed by atoms with Gasteiger partial charge in [0.15, 0.2) is 11.5 Å². The number of nitrogens with two attached hydrogens (primary N) is 1. The number of hydrogen-bond donors (Lipinski definition) is 2. The molecule has 1 aliphatic heterocycles. The highest BCUT2D eigenvalue weighted by Crippen LogP contribution is 2.50. The molecular formula is C18H21NO4S. The Bertz CT molecular complexity index is 721. The SMILES string of the molecule is CCOc1cc(OCC)cc(-c2c(N)oc(C3CC=CS3)c2O)c1. The number of allylic oxidation sites excluding steroid dienone is 1. The highest BCUT2D eigenvalue weighted by molar-refractivity contribution is 8.02. The van der Waals surface area contributed by atoms with Crippen molar-refractivity contribution in [1.82, 2.24) is 0 Å². The average molecular weight is 347 g/mol. The Hall–Kier alpha value is -2.21. The van der Waals surface area contributed by atoms with Crippen LogP contribution in [0.25, 0.3) is 11.1 Å². The molecule has 2 heterocycles. The summed E-state index contributed by atoms with van der Waals surface area (Å²) in [6.07, 6.45) is 2.86. The van der Waals surface area contributed by atoms with E-state index >= 15 is 0 Å². The molecule has 1 aromatic heterocycles. The molecule has 0 amide bonds. The van der Waals surface area contributed by atoms with Crippen molar-refractivity contribution >= 4 is 17.6 Å². The maximum absolute atomic E-state index is 10.7. The number of benzene rings is 1. The van der Waals surface area contributed by atoms with Crippen molar-refractivity contribution in [1.29, 1.82) is 0 Å². The molecule has 0 bridgehead atoms. The van der Waals surface area contributed by atoms with Crippen molar-refractivity contribution < 1.29 is 19.0 Å². The molecular weight excluding hydrogens is 326 g/mol. The minimum atomic E-state index is 0.0579. The van der Waals surface area contributed by atoms with Crippen molar-refractivity contribution in [3.63, 3.8) is 0 Å². The van der Waals surface area contributed by atoms with Gasteiger partial charge in [0.2, 0.25) is 5.88 Å². The van der Waals surface area contributed by atoms with E-state index < -0.39 is 0 Å². The minimum Gasteiger partial charge on any atom is -0.504 e. The quantitative estimate of drug-likeness (QED) is 0.787. The van der Waals surface area contributed by atoms with Gasteiger partial charge in [0.1, 0.15) is 11.5 Å². The van der Waals surface area contributed by atoms with Gasteiger partial charge in [-0.05, 0) is 43.4 Å². The monoisotopic (exact) mass is 347 g/mol. The van der Waals surface area contributed by atoms with Crippen LogP contribution in [0, 0.1) is 0 Å². The number of aromatic hydroxyl groups is 1. The summed E-state index contributed by atoms with van der Waals surface area (Å²) in [6, 6.07) is 5.48. The van der Waals surface area contributed by atoms with Crippen LogP contribution in [0.4, 0.5) is 5.88 Å². The van der Waals surface area contributed by atoms with E-state index in [4.69, 9.17) is 19.6 Å². The predicted octanol–water partition coefficient (Wildman–Crippen LogP) is 4.72. The molecule has 1 aromatic carbocycles. The lowest BCUT2D eigenvalue weighted by Gasteiger charge is -2.11. The topological polar surface area (TPSA) is 77.9 Å². The van der Waals surface area contributed by atoms with Gasteiger partial charge in [0.25, 0.3) is 0 Å². The Morgan fingerprint density at radius 2 is 1.88 bits per heavy atom. The molecule has 0 saturated heterocycles. The molecule has 1 unspecified atom stereocenters. The maximum Gasteiger partial charge on any atom is 0.202 e. The van der Waals surface area contributed by atoms with Crippen LogP contribution in [0.1, 0.15) is 31.3 Å². The first-order chi connectivity index (χ1) is 11.6. The van der Waals surface area contributed by atoms with E-state index in [0.29, 0.717) is 41.6 Å². The largest absolute Gasteiger partial charge is 0.504 e. The Balaban J connectivity index is 2.04. The molecule has 0 fully saturated rings. The van der Waals surface area contributed by atoms with E-state index in [1.807, 2.05) is 37.5 Å². The molecule has 24 heavy (non-hydrogen) atoms. The lowest BCUT2D eigenvalue weighted by molar-refractivity contribution is 0.323. The molecule has 1 aliphatic rings. The number of anilines is 1. The van der Waals surface area contributed by atoms with Gasteiger partial charge in [0.05, 0.1) is 24.0 Å². The van der Waals surface area contributed by atoms with Crippen LogP contribution in [0.5, 0.6) is 17.2 Å². The van der Waals surface area contributed by atoms with E-state index in [9.17, 15) is 5.11 Å². The van der Waals surface area contributed by atoms with Crippen molar-refractivity contribution in [2.45, 2.75) is 25.5 Å². The average Bonchev–Trinajstić information content (AvgIpc) is 3.16. The van der Waals surface area contributed by atoms with Crippen LogP contribution in [0.3, 0.4) is 0 Å². The standard InChI is InChI=1S/C18H21NO4S/c1-3-21-12-8-11(9-13(10-12)22-4-2)15-16(20)17(23-18(15)19)14-6-5-7-24-14/h5,7-10,14,20H,3-4,6,19H2,1-2H3. The lowest BCUT2D eigenvalue weighted by Crippen LogP contribution is -1.96. The molecule has 0 spiro atoms. The first kappa shape index (κ1) is 16.6. The number of thioether (sulfide) groups is 1. The molecule has 128 valence electrons. The van der Waals surface area contributed by atoms with Gasteiger partial charge >= 0.3 is 0 Å². The van der Waals surface area contributed by atoms with E-state index in [0.717, 1.165) is 6.42 Å². The zero-order valence-corrected chi connectivity index (χ0v) is 14.6. The lowest BCUT2D eigenvalue weighted by atomic mass is 10.0. The Kier molecular flexibility index (Phi) is 4.94. The zero-order chi connectivity index (χ0) is 17.1. The predicted molar refractivity (Wildman–Crippen MR) is 96.6 cm³/mol. The van der Waals surface area contributed by atoms with E-state index in [2.05, 4.69) is 6.08 Å². The van der Waals surface area contributed by atoms with Crippen molar-refractivity contribution in [2.75, 3.05) is 18.9 Å². The zero-order valence-electron chi connectivity index (χ0n) is 13.7. The fourth-order valence-electron chi connectivity index (χ4n) is 2.72. The molecule has 6 heteroatoms. The molecule has 0 radical (unpaired) electrons. The Morgan fingerprint density at radius 1 is 1.21 bits per heavy atom. The summed E-state index contributed by atoms with van der Waals surface area (Å²) in [5, 5.41) is 12.7. The van der Waals surface area contributed by atoms with Crippen molar-refractivity contribution in [3.8, 4) is 28.4 Å². The maximum atomic E-state index is 10.7. The Labute approximate surface area is 145 Å². The van der Waals surface area contributed by atoms with Gasteiger partial charge in [-0.1, -0.05) is 6.08 Å². The summed E-state index contributed by atoms with van der Waals surface area (Å²) in [5.74, 6) is 2.13. The Morgan fingerprint density at radius 3 is 2.42 bits per heavy atom. The molecule has 2 aromatic rings. The van der Waals surface area contributed by atoms with E-state index in [1.165, 1.54) is 0 Å². The number of ether oxygens (including phenoxy) is 2. The summed E-state index contributed by atoms with van der Waals surface area (Å²) in [6.45, 7) is 4.91. The third-order valence-electron chi connectivity index (χ3n) is 3.71. The summed E-state index contributed by atoms with van der Waals surface area (Å²) in [7, 11) is 0. The van der Waals surface area contributed by atoms with Gasteiger partial charge < -0.3 is 24.7 Å². The van der Waals surface area contributed by atoms with Crippen LogP contribution in [0.2, 0.25) is 0 Å². The third kappa shape index (κ3) is 3.19. The van der Waals surface area contributed by atoms with Crippen molar-refractivity contribution in [2.24, 2.45) is 0 Å². The van der Waals surface area contributed by atoms with Gasteiger partial charge in [0, 0.05) is 6.07 Å². The first-order valence-corrected chi connectivity index (χ1v) is 8.91. The number of rotatable bonds is 6. The van der Waals surface area contributed by atoms with Crippen LogP contribution in [0.15, 0.2) is 34.1 Å². The molecule has 0 saturated carbocycles. The molecule has 3 N–H and O–H groups in total. The number of nitrogen functional groups attached to an aromatic ring is 1. The first-order valence-electron chi connectivity index (χ1n) is 7.96. The van der Waals surface area contributed by atoms with Crippen LogP contribution < -0.4 is 15.2 Å². The van der Waals surface area contributed by atoms with Crippen molar-refractivity contribution in [3.05, 3.63) is 35.4 Å². The van der Waals surface area contributed by atoms with E-state index in [-0.39, 0.29) is 16.9 Å². The summed E-state index contributed by atoms with van der Waals surface area (Å²) in [4.78, 5) is 0. The highest BCUT2D eigenvalue weighted by Gasteiger charge is 2.27. The molecule has 0 aliphatic carbocycles. The molecule has 5 nitrogen and oxygen atoms in total. The summed E-state index contributed by atoms with van der Waals surface area (Å²) >= 11 is 1.61. The molecule has 1 atom stereocenters. The third-order valence-corrected chi connectivity index (χ3v) is 4.79.